The summed E-state index contributed by atoms with van der Waals surface area (Å²) in [5, 5.41) is 14.8. The number of nitrogens with one attached hydrogen (secondary N) is 2. The van der Waals surface area contributed by atoms with Gasteiger partial charge in [-0.2, -0.15) is 0 Å². The van der Waals surface area contributed by atoms with Crippen molar-refractivity contribution in [1.29, 1.82) is 0 Å². The van der Waals surface area contributed by atoms with Crippen LogP contribution >= 0.6 is 11.3 Å². The van der Waals surface area contributed by atoms with Gasteiger partial charge in [-0.1, -0.05) is 47.7 Å². The van der Waals surface area contributed by atoms with Gasteiger partial charge in [-0.05, 0) is 59.3 Å². The van der Waals surface area contributed by atoms with Crippen molar-refractivity contribution >= 4 is 39.5 Å². The molecule has 8 heteroatoms. The molecule has 37 heavy (non-hydrogen) atoms. The summed E-state index contributed by atoms with van der Waals surface area (Å²) in [5.74, 6) is -0.233. The molecular formula is C29H24N6OS. The van der Waals surface area contributed by atoms with Crippen molar-refractivity contribution < 1.29 is 4.79 Å². The van der Waals surface area contributed by atoms with Crippen LogP contribution in [0.4, 0.5) is 11.4 Å². The van der Waals surface area contributed by atoms with Crippen LogP contribution in [0.25, 0.3) is 32.6 Å². The van der Waals surface area contributed by atoms with E-state index in [4.69, 9.17) is 5.73 Å². The number of carbonyl (C=O) groups excluding carboxylic acids is 1. The summed E-state index contributed by atoms with van der Waals surface area (Å²) in [6.45, 7) is 0.703. The van der Waals surface area contributed by atoms with E-state index in [1.54, 1.807) is 17.4 Å². The summed E-state index contributed by atoms with van der Waals surface area (Å²) in [4.78, 5) is 17.5. The molecule has 3 aromatic carbocycles. The minimum atomic E-state index is -0.233. The van der Waals surface area contributed by atoms with Gasteiger partial charge in [0.05, 0.1) is 17.6 Å². The number of benzene rings is 3. The van der Waals surface area contributed by atoms with Crippen LogP contribution in [0.1, 0.15) is 15.9 Å². The number of H-pyrrole nitrogens is 1. The third-order valence-electron chi connectivity index (χ3n) is 6.35. The van der Waals surface area contributed by atoms with E-state index in [0.29, 0.717) is 29.2 Å². The van der Waals surface area contributed by atoms with Crippen molar-refractivity contribution in [2.45, 2.75) is 13.0 Å². The van der Waals surface area contributed by atoms with Crippen molar-refractivity contribution in [3.8, 4) is 21.7 Å². The lowest BCUT2D eigenvalue weighted by atomic mass is 10.1. The van der Waals surface area contributed by atoms with Crippen LogP contribution in [-0.2, 0) is 13.0 Å². The number of aromatic nitrogens is 4. The monoisotopic (exact) mass is 504 g/mol. The molecule has 3 aromatic heterocycles. The van der Waals surface area contributed by atoms with Crippen LogP contribution < -0.4 is 11.1 Å². The Bertz CT molecular complexity index is 1700. The van der Waals surface area contributed by atoms with Crippen LogP contribution in [0.3, 0.4) is 0 Å². The topological polar surface area (TPSA) is 102 Å². The van der Waals surface area contributed by atoms with Gasteiger partial charge in [0.2, 0.25) is 0 Å². The number of amides is 1. The number of carbonyl (C=O) groups is 1. The van der Waals surface area contributed by atoms with Crippen molar-refractivity contribution in [1.82, 2.24) is 20.0 Å². The van der Waals surface area contributed by atoms with E-state index >= 15 is 0 Å². The molecule has 4 N–H and O–H groups in total. The number of aromatic amines is 1. The molecule has 0 fully saturated rings. The molecule has 6 rings (SSSR count). The first-order valence-electron chi connectivity index (χ1n) is 11.9. The minimum absolute atomic E-state index is 0.233. The highest BCUT2D eigenvalue weighted by Crippen LogP contribution is 2.30. The molecule has 0 saturated carbocycles. The highest BCUT2D eigenvalue weighted by atomic mass is 32.1. The molecule has 0 saturated heterocycles. The molecule has 182 valence electrons. The summed E-state index contributed by atoms with van der Waals surface area (Å²) in [5.41, 5.74) is 12.7. The summed E-state index contributed by atoms with van der Waals surface area (Å²) in [7, 11) is 0. The largest absolute Gasteiger partial charge is 0.397 e. The van der Waals surface area contributed by atoms with E-state index in [9.17, 15) is 4.79 Å². The third-order valence-corrected chi connectivity index (χ3v) is 7.27. The zero-order valence-electron chi connectivity index (χ0n) is 19.9. The Balaban J connectivity index is 1.17. The van der Waals surface area contributed by atoms with Gasteiger partial charge < -0.3 is 16.0 Å². The maximum absolute atomic E-state index is 13.1. The van der Waals surface area contributed by atoms with E-state index in [2.05, 4.69) is 32.7 Å². The van der Waals surface area contributed by atoms with Crippen molar-refractivity contribution in [2.24, 2.45) is 0 Å². The van der Waals surface area contributed by atoms with Gasteiger partial charge in [0.1, 0.15) is 5.69 Å². The standard InChI is InChI=1S/C29H24N6OS/c30-24-11-10-20(28-9-4-14-37-28)16-26(24)32-29(36)21-6-3-5-19(15-21)27-18-35(34-33-27)13-12-22-17-31-25-8-2-1-7-23(22)25/h1-11,14-18,31H,12-13,30H2,(H,32,36). The zero-order valence-corrected chi connectivity index (χ0v) is 20.7. The fraction of sp³-hybridized carbons (Fsp3) is 0.0690. The molecule has 0 aliphatic heterocycles. The number of para-hydroxylation sites is 1. The highest BCUT2D eigenvalue weighted by molar-refractivity contribution is 7.13. The van der Waals surface area contributed by atoms with Crippen LogP contribution in [0.15, 0.2) is 96.6 Å². The average Bonchev–Trinajstić information content (AvgIpc) is 3.70. The molecule has 0 radical (unpaired) electrons. The van der Waals surface area contributed by atoms with E-state index in [1.807, 2.05) is 83.1 Å². The first kappa shape index (κ1) is 22.8. The average molecular weight is 505 g/mol. The second-order valence-electron chi connectivity index (χ2n) is 8.79. The molecule has 6 aromatic rings. The summed E-state index contributed by atoms with van der Waals surface area (Å²) >= 11 is 1.64. The number of hydrogen-bond donors (Lipinski definition) is 3. The molecule has 0 aliphatic rings. The lowest BCUT2D eigenvalue weighted by Crippen LogP contribution is -2.13. The molecule has 0 bridgehead atoms. The van der Waals surface area contributed by atoms with Crippen molar-refractivity contribution in [3.63, 3.8) is 0 Å². The Morgan fingerprint density at radius 3 is 2.81 bits per heavy atom. The first-order chi connectivity index (χ1) is 18.1. The number of anilines is 2. The fourth-order valence-corrected chi connectivity index (χ4v) is 5.11. The zero-order chi connectivity index (χ0) is 25.2. The van der Waals surface area contributed by atoms with Crippen LogP contribution in [0.2, 0.25) is 0 Å². The Hall–Kier alpha value is -4.69. The van der Waals surface area contributed by atoms with Crippen LogP contribution in [0.5, 0.6) is 0 Å². The van der Waals surface area contributed by atoms with E-state index in [-0.39, 0.29) is 5.91 Å². The number of nitrogen functional groups attached to an aromatic ring is 1. The van der Waals surface area contributed by atoms with Gasteiger partial charge >= 0.3 is 0 Å². The van der Waals surface area contributed by atoms with E-state index in [1.165, 1.54) is 10.9 Å². The maximum atomic E-state index is 13.1. The molecule has 0 spiro atoms. The van der Waals surface area contributed by atoms with Gasteiger partial charge in [0.15, 0.2) is 0 Å². The molecule has 0 unspecified atom stereocenters. The Kier molecular flexibility index (Phi) is 6.00. The van der Waals surface area contributed by atoms with Crippen LogP contribution in [0, 0.1) is 0 Å². The number of hydrogen-bond acceptors (Lipinski definition) is 5. The van der Waals surface area contributed by atoms with Crippen molar-refractivity contribution in [2.75, 3.05) is 11.1 Å². The second-order valence-corrected chi connectivity index (χ2v) is 9.74. The molecule has 1 amide bonds. The van der Waals surface area contributed by atoms with Gasteiger partial charge in [0.25, 0.3) is 5.91 Å². The first-order valence-corrected chi connectivity index (χ1v) is 12.8. The van der Waals surface area contributed by atoms with Gasteiger partial charge in [-0.3, -0.25) is 9.48 Å². The number of nitrogens with zero attached hydrogens (tertiary/aromatic N) is 3. The van der Waals surface area contributed by atoms with E-state index < -0.39 is 0 Å². The molecule has 0 atom stereocenters. The van der Waals surface area contributed by atoms with E-state index in [0.717, 1.165) is 27.9 Å². The smallest absolute Gasteiger partial charge is 0.255 e. The molecule has 0 aliphatic carbocycles. The Morgan fingerprint density at radius 1 is 1.00 bits per heavy atom. The number of fused-ring (bicyclic) bond motifs is 1. The third kappa shape index (κ3) is 4.74. The Morgan fingerprint density at radius 2 is 1.92 bits per heavy atom. The summed E-state index contributed by atoms with van der Waals surface area (Å²) < 4.78 is 1.83. The van der Waals surface area contributed by atoms with Crippen LogP contribution in [-0.4, -0.2) is 25.9 Å². The summed E-state index contributed by atoms with van der Waals surface area (Å²) in [6, 6.07) is 25.4. The molecule has 7 nitrogen and oxygen atoms in total. The SMILES string of the molecule is Nc1ccc(-c2cccs2)cc1NC(=O)c1cccc(-c2cn(CCc3c[nH]c4ccccc34)nn2)c1. The van der Waals surface area contributed by atoms with Gasteiger partial charge in [-0.15, -0.1) is 16.4 Å². The quantitative estimate of drug-likeness (QED) is 0.224. The predicted octanol–water partition coefficient (Wildman–Crippen LogP) is 6.23. The summed E-state index contributed by atoms with van der Waals surface area (Å²) in [6.07, 6.45) is 4.79. The molecular weight excluding hydrogens is 480 g/mol. The highest BCUT2D eigenvalue weighted by Gasteiger charge is 2.13. The predicted molar refractivity (Wildman–Crippen MR) is 150 cm³/mol. The van der Waals surface area contributed by atoms with Gasteiger partial charge in [0, 0.05) is 39.6 Å². The van der Waals surface area contributed by atoms with Crippen molar-refractivity contribution in [3.05, 3.63) is 108 Å². The lowest BCUT2D eigenvalue weighted by molar-refractivity contribution is 0.102. The number of aryl methyl sites for hydroxylation is 2. The number of nitrogens with two attached hydrogens (primary N) is 1. The maximum Gasteiger partial charge on any atom is 0.255 e. The minimum Gasteiger partial charge on any atom is -0.397 e. The second kappa shape index (κ2) is 9.75. The number of thiophene rings is 1. The fourth-order valence-electron chi connectivity index (χ4n) is 4.39. The van der Waals surface area contributed by atoms with Gasteiger partial charge in [-0.25, -0.2) is 0 Å². The number of rotatable bonds is 7. The lowest BCUT2D eigenvalue weighted by Gasteiger charge is -2.10. The normalized spacial score (nSPS) is 11.1. The Labute approximate surface area is 217 Å². The molecule has 3 heterocycles.